The van der Waals surface area contributed by atoms with Gasteiger partial charge in [-0.05, 0) is 173 Å². The highest BCUT2D eigenvalue weighted by Crippen LogP contribution is 2.40. The van der Waals surface area contributed by atoms with Crippen molar-refractivity contribution < 1.29 is 69.7 Å². The summed E-state index contributed by atoms with van der Waals surface area (Å²) in [4.78, 5) is 45.8. The van der Waals surface area contributed by atoms with Crippen molar-refractivity contribution in [3.63, 3.8) is 0 Å². The maximum Gasteiger partial charge on any atom is 0.494 e. The zero-order chi connectivity index (χ0) is 85.5. The van der Waals surface area contributed by atoms with E-state index in [4.69, 9.17) is 30.8 Å². The molecule has 8 aromatic carbocycles. The minimum absolute atomic E-state index is 0.0968. The number of aryl methyl sites for hydroxylation is 4. The van der Waals surface area contributed by atoms with Gasteiger partial charge < -0.3 is 39.2 Å². The van der Waals surface area contributed by atoms with Gasteiger partial charge in [-0.25, -0.2) is 14.6 Å². The molecule has 1 saturated carbocycles. The van der Waals surface area contributed by atoms with E-state index in [-0.39, 0.29) is 19.3 Å². The zero-order valence-electron chi connectivity index (χ0n) is 66.3. The van der Waals surface area contributed by atoms with E-state index in [0.717, 1.165) is 109 Å². The van der Waals surface area contributed by atoms with E-state index in [9.17, 15) is 37.1 Å². The first-order valence-corrected chi connectivity index (χ1v) is 40.8. The summed E-state index contributed by atoms with van der Waals surface area (Å²) >= 11 is 16.6. The van der Waals surface area contributed by atoms with E-state index >= 15 is 8.78 Å². The molecule has 13 aromatic rings. The minimum atomic E-state index is -3.88. The normalized spacial score (nSPS) is 15.2. The highest BCUT2D eigenvalue weighted by Gasteiger charge is 2.52. The summed E-state index contributed by atoms with van der Waals surface area (Å²) in [5.74, 6) is -16.1. The number of esters is 1. The zero-order valence-corrected chi connectivity index (χ0v) is 71.8. The van der Waals surface area contributed by atoms with Crippen LogP contribution in [0.1, 0.15) is 99.8 Å². The molecule has 620 valence electrons. The third-order valence-electron chi connectivity index (χ3n) is 20.7. The third kappa shape index (κ3) is 21.2. The molecule has 2 atom stereocenters. The lowest BCUT2D eigenvalue weighted by molar-refractivity contribution is -0.173. The fourth-order valence-electron chi connectivity index (χ4n) is 13.1. The number of aromatic nitrogens is 9. The number of carboxylic acid groups (broad SMARTS) is 1. The Kier molecular flexibility index (Phi) is 27.6. The summed E-state index contributed by atoms with van der Waals surface area (Å²) in [6, 6.07) is 47.8. The first kappa shape index (κ1) is 88.2. The number of pyridine rings is 1. The highest BCUT2D eigenvalue weighted by molar-refractivity contribution is 9.11. The van der Waals surface area contributed by atoms with Crippen molar-refractivity contribution in [2.24, 2.45) is 33.2 Å². The summed E-state index contributed by atoms with van der Waals surface area (Å²) in [6.45, 7) is 11.6. The average molecular weight is 1840 g/mol. The predicted molar refractivity (Wildman–Crippen MR) is 458 cm³/mol. The van der Waals surface area contributed by atoms with Gasteiger partial charge in [0.25, 0.3) is 5.91 Å². The molecule has 8 heterocycles. The summed E-state index contributed by atoms with van der Waals surface area (Å²) in [7, 11) is 6.83. The number of nitrogens with zero attached hydrogens (tertiary/aromatic N) is 11. The minimum Gasteiger partial charge on any atom is -0.489 e. The molecule has 0 bridgehead atoms. The Labute approximate surface area is 713 Å². The molecule has 4 aliphatic rings. The van der Waals surface area contributed by atoms with E-state index in [1.807, 2.05) is 137 Å². The monoisotopic (exact) mass is 1840 g/mol. The van der Waals surface area contributed by atoms with Crippen LogP contribution in [0.2, 0.25) is 5.02 Å². The van der Waals surface area contributed by atoms with E-state index < -0.39 is 82.8 Å². The molecule has 0 unspecified atom stereocenters. The van der Waals surface area contributed by atoms with Gasteiger partial charge in [-0.1, -0.05) is 169 Å². The van der Waals surface area contributed by atoms with Crippen LogP contribution in [0.4, 0.5) is 26.3 Å². The van der Waals surface area contributed by atoms with Crippen LogP contribution in [0.15, 0.2) is 219 Å². The van der Waals surface area contributed by atoms with Crippen LogP contribution in [-0.2, 0) is 80.9 Å². The van der Waals surface area contributed by atoms with Gasteiger partial charge in [0.05, 0.1) is 82.4 Å². The van der Waals surface area contributed by atoms with Crippen LogP contribution < -0.4 is 15.5 Å². The van der Waals surface area contributed by atoms with Gasteiger partial charge in [0, 0.05) is 104 Å². The lowest BCUT2D eigenvalue weighted by Gasteiger charge is -2.32. The Morgan fingerprint density at radius 2 is 1.17 bits per heavy atom. The van der Waals surface area contributed by atoms with Crippen molar-refractivity contribution in [2.45, 2.75) is 114 Å². The molecule has 3 fully saturated rings. The van der Waals surface area contributed by atoms with Crippen LogP contribution in [0.25, 0.3) is 66.1 Å². The number of aliphatic hydroxyl groups is 1. The third-order valence-corrected chi connectivity index (χ3v) is 22.5. The number of halogens is 10. The molecule has 1 aliphatic carbocycles. The second kappa shape index (κ2) is 37.3. The number of carbonyl (C=O) groups is 3. The van der Waals surface area contributed by atoms with Gasteiger partial charge in [0.2, 0.25) is 0 Å². The van der Waals surface area contributed by atoms with Crippen molar-refractivity contribution in [1.29, 1.82) is 0 Å². The molecule has 3 N–H and O–H groups in total. The molecule has 32 heteroatoms. The number of nitrogens with one attached hydrogen (secondary N) is 1. The van der Waals surface area contributed by atoms with Crippen LogP contribution in [-0.4, -0.2) is 140 Å². The van der Waals surface area contributed by atoms with Gasteiger partial charge in [0.1, 0.15) is 11.9 Å². The molecule has 0 radical (unpaired) electrons. The fraction of sp³-hybridized carbons (Fsp3) is 0.299. The number of aliphatic carboxylic acids is 1. The van der Waals surface area contributed by atoms with Gasteiger partial charge in [-0.3, -0.25) is 28.5 Å². The smallest absolute Gasteiger partial charge is 0.489 e. The number of aliphatic imine (C=N–C) groups is 1. The molecule has 17 rings (SSSR count). The average Bonchev–Trinajstić information content (AvgIpc) is 1.62. The topological polar surface area (TPSA) is 240 Å². The molecule has 5 aromatic heterocycles. The number of hydrogen-bond donors (Lipinski definition) is 3. The number of benzene rings is 8. The SMILES string of the molecule is Brc1ccc2c(c1)CN=C2.CCOC(=O)C(F)(F)c1ccc(B2OC(C)(C)C(C)(C)O2)cc1.Cn1cc2ccc(Br)cc2n1.Cn1ncc2ccc(-c3ccc(C(F)(F)C(=O)N[C@H](CN4CCCC4)[C@H](O)c4ccc(OC5CC5)c(Cl)c4)cc3)nc21.Cn1ncc2ccc(-c3ccc(C(F)(F)C(=O)O)cc3)cc21.Cn1ncc2ccc(Br)cc21. The summed E-state index contributed by atoms with van der Waals surface area (Å²) in [5.41, 5.74) is 7.77. The summed E-state index contributed by atoms with van der Waals surface area (Å²) in [5, 5.41) is 43.5. The highest BCUT2D eigenvalue weighted by atomic mass is 79.9. The second-order valence-corrected chi connectivity index (χ2v) is 33.0. The Bertz CT molecular complexity index is 5800. The lowest BCUT2D eigenvalue weighted by atomic mass is 9.78. The van der Waals surface area contributed by atoms with Crippen molar-refractivity contribution in [1.82, 2.24) is 54.3 Å². The second-order valence-electron chi connectivity index (χ2n) is 29.9. The van der Waals surface area contributed by atoms with Crippen LogP contribution in [0.5, 0.6) is 5.75 Å². The number of rotatable bonds is 17. The number of ether oxygens (including phenoxy) is 2. The Morgan fingerprint density at radius 3 is 1.79 bits per heavy atom. The van der Waals surface area contributed by atoms with Gasteiger partial charge in [0.15, 0.2) is 5.65 Å². The van der Waals surface area contributed by atoms with E-state index in [0.29, 0.717) is 38.7 Å². The number of carbonyl (C=O) groups excluding carboxylic acids is 2. The van der Waals surface area contributed by atoms with Gasteiger partial charge in [-0.15, -0.1) is 0 Å². The molecule has 0 spiro atoms. The van der Waals surface area contributed by atoms with E-state index in [1.165, 1.54) is 89.5 Å². The van der Waals surface area contributed by atoms with E-state index in [1.54, 1.807) is 53.1 Å². The fourth-order valence-corrected chi connectivity index (χ4v) is 14.4. The number of likely N-dealkylation sites (tertiary alicyclic amines) is 1. The van der Waals surface area contributed by atoms with Crippen LogP contribution >= 0.6 is 59.4 Å². The number of aliphatic hydroxyl groups excluding tert-OH is 1. The standard InChI is InChI=1S/C31H32ClF2N5O3.C16H21BF2O4.C16H12F2N2O2.2C8H7BrN2.C8H6BrN/c1-38-29-21(17-35-38)6-12-25(36-29)19-4-8-22(9-5-19)31(33,34)30(41)37-26(18-39-14-2-3-15-39)28(40)20-7-13-27(24(32)16-20)42-23-10-11-23;1-6-21-13(20)16(18,19)11-7-9-12(10-8-11)17-22-14(2,3)15(4,5)23-17;1-20-14-8-11(2-3-12(14)9-19-20)10-4-6-13(7-5-10)16(17,18)15(21)22;1-11-5-6-2-3-7(9)4-8(6)10-11;1-11-8-4-7(9)3-2-6(8)5-10-11;9-8-2-1-6-4-10-5-7(6)3-8/h4-9,12-13,16-17,23,26,28,40H,2-3,10-11,14-15,18H2,1H3,(H,37,41);7-10H,6H2,1-5H3;2-9H,1H3,(H,21,22);2*2-5H,1H3;1-4H,5H2/t26-,28-;;;;;/m1...../s1. The van der Waals surface area contributed by atoms with E-state index in [2.05, 4.69) is 111 Å². The van der Waals surface area contributed by atoms with Crippen molar-refractivity contribution in [2.75, 3.05) is 26.2 Å². The molecular formula is C87H85BBr3ClF6N12O9. The molecule has 1 amide bonds. The van der Waals surface area contributed by atoms with Gasteiger partial charge >= 0.3 is 36.8 Å². The molecule has 3 aliphatic heterocycles. The maximum absolute atomic E-state index is 15.5. The maximum atomic E-state index is 15.5. The molecule has 2 saturated heterocycles. The van der Waals surface area contributed by atoms with Crippen molar-refractivity contribution >= 4 is 140 Å². The van der Waals surface area contributed by atoms with Gasteiger partial charge in [-0.2, -0.15) is 46.7 Å². The number of carboxylic acids is 1. The number of hydrogen-bond acceptors (Lipinski definition) is 15. The van der Waals surface area contributed by atoms with Crippen molar-refractivity contribution in [3.05, 3.63) is 253 Å². The summed E-state index contributed by atoms with van der Waals surface area (Å²) < 4.78 is 118. The number of amides is 1. The first-order valence-electron chi connectivity index (χ1n) is 38.0. The largest absolute Gasteiger partial charge is 0.494 e. The number of fused-ring (bicyclic) bond motifs is 5. The van der Waals surface area contributed by atoms with Crippen LogP contribution in [0, 0.1) is 0 Å². The predicted octanol–water partition coefficient (Wildman–Crippen LogP) is 18.3. The molecule has 119 heavy (non-hydrogen) atoms. The Morgan fingerprint density at radius 1 is 0.630 bits per heavy atom. The quantitative estimate of drug-likeness (QED) is 0.0436. The first-order chi connectivity index (χ1) is 56.5. The lowest BCUT2D eigenvalue weighted by Crippen LogP contribution is -2.50. The van der Waals surface area contributed by atoms with Crippen LogP contribution in [0.3, 0.4) is 0 Å². The number of alkyl halides is 6. The Balaban J connectivity index is 0.000000143. The molecule has 21 nitrogen and oxygen atoms in total. The molecular weight excluding hydrogens is 1760 g/mol. The summed E-state index contributed by atoms with van der Waals surface area (Å²) in [6.07, 6.45) is 12.0. The Hall–Kier alpha value is -10.1. The van der Waals surface area contributed by atoms with Crippen molar-refractivity contribution in [3.8, 4) is 28.1 Å².